The van der Waals surface area contributed by atoms with E-state index in [1.165, 1.54) is 0 Å². The van der Waals surface area contributed by atoms with Gasteiger partial charge in [0.1, 0.15) is 0 Å². The van der Waals surface area contributed by atoms with Crippen molar-refractivity contribution in [3.63, 3.8) is 0 Å². The molecule has 1 atom stereocenters. The van der Waals surface area contributed by atoms with Crippen LogP contribution < -0.4 is 0 Å². The Morgan fingerprint density at radius 2 is 1.87 bits per heavy atom. The van der Waals surface area contributed by atoms with E-state index in [2.05, 4.69) is 10.1 Å². The van der Waals surface area contributed by atoms with Crippen molar-refractivity contribution in [1.29, 1.82) is 0 Å². The van der Waals surface area contributed by atoms with Crippen molar-refractivity contribution in [3.05, 3.63) is 65.0 Å². The average Bonchev–Trinajstić information content (AvgIpc) is 3.18. The van der Waals surface area contributed by atoms with Crippen molar-refractivity contribution >= 4 is 10.0 Å². The van der Waals surface area contributed by atoms with Gasteiger partial charge in [0.05, 0.1) is 4.90 Å². The molecular weight excluding hydrogens is 398 g/mol. The molecule has 0 N–H and O–H groups in total. The summed E-state index contributed by atoms with van der Waals surface area (Å²) >= 11 is 0. The molecule has 4 rings (SSSR count). The van der Waals surface area contributed by atoms with Gasteiger partial charge >= 0.3 is 0 Å². The number of hydrogen-bond acceptors (Lipinski definition) is 5. The highest BCUT2D eigenvalue weighted by molar-refractivity contribution is 7.89. The van der Waals surface area contributed by atoms with Gasteiger partial charge in [0.25, 0.3) is 0 Å². The standard InChI is InChI=1S/C23H27N3O3S/c1-16-10-11-20(13-18(16)3)30(27,28)26-12-6-8-19(15-26)14-22-24-23(25-29-22)21-9-5-4-7-17(21)2/h4-5,7,9-11,13,19H,6,8,12,14-15H2,1-3H3. The summed E-state index contributed by atoms with van der Waals surface area (Å²) in [5, 5.41) is 4.13. The molecule has 0 bridgehead atoms. The average molecular weight is 426 g/mol. The summed E-state index contributed by atoms with van der Waals surface area (Å²) in [5.41, 5.74) is 4.12. The Bertz CT molecular complexity index is 1150. The molecule has 3 aromatic rings. The van der Waals surface area contributed by atoms with Gasteiger partial charge in [-0.3, -0.25) is 0 Å². The minimum Gasteiger partial charge on any atom is -0.339 e. The fraction of sp³-hybridized carbons (Fsp3) is 0.391. The SMILES string of the molecule is Cc1ccc(S(=O)(=O)N2CCCC(Cc3nc(-c4ccccc4C)no3)C2)cc1C. The van der Waals surface area contributed by atoms with Crippen LogP contribution in [0.5, 0.6) is 0 Å². The summed E-state index contributed by atoms with van der Waals surface area (Å²) in [5.74, 6) is 1.30. The second-order valence-electron chi connectivity index (χ2n) is 8.15. The summed E-state index contributed by atoms with van der Waals surface area (Å²) in [4.78, 5) is 4.92. The minimum atomic E-state index is -3.50. The number of aryl methyl sites for hydroxylation is 3. The first-order chi connectivity index (χ1) is 14.3. The molecule has 1 aromatic heterocycles. The lowest BCUT2D eigenvalue weighted by atomic mass is 9.96. The number of sulfonamides is 1. The van der Waals surface area contributed by atoms with E-state index in [0.29, 0.717) is 36.1 Å². The third-order valence-electron chi connectivity index (χ3n) is 5.92. The maximum atomic E-state index is 13.1. The normalized spacial score (nSPS) is 17.9. The number of hydrogen-bond donors (Lipinski definition) is 0. The highest BCUT2D eigenvalue weighted by Crippen LogP contribution is 2.27. The van der Waals surface area contributed by atoms with E-state index in [1.807, 2.05) is 51.1 Å². The van der Waals surface area contributed by atoms with Gasteiger partial charge in [0.15, 0.2) is 0 Å². The van der Waals surface area contributed by atoms with E-state index in [1.54, 1.807) is 16.4 Å². The molecule has 1 saturated heterocycles. The topological polar surface area (TPSA) is 76.3 Å². The van der Waals surface area contributed by atoms with Gasteiger partial charge in [-0.25, -0.2) is 8.42 Å². The van der Waals surface area contributed by atoms with Crippen molar-refractivity contribution in [2.75, 3.05) is 13.1 Å². The lowest BCUT2D eigenvalue weighted by Crippen LogP contribution is -2.40. The molecule has 158 valence electrons. The number of piperidine rings is 1. The zero-order chi connectivity index (χ0) is 21.3. The molecule has 7 heteroatoms. The first-order valence-electron chi connectivity index (χ1n) is 10.3. The van der Waals surface area contributed by atoms with E-state index in [9.17, 15) is 8.42 Å². The number of rotatable bonds is 5. The fourth-order valence-corrected chi connectivity index (χ4v) is 5.59. The number of benzene rings is 2. The monoisotopic (exact) mass is 425 g/mol. The molecule has 0 spiro atoms. The Morgan fingerprint density at radius 1 is 1.07 bits per heavy atom. The number of aromatic nitrogens is 2. The zero-order valence-corrected chi connectivity index (χ0v) is 18.4. The highest BCUT2D eigenvalue weighted by atomic mass is 32.2. The molecule has 6 nitrogen and oxygen atoms in total. The Labute approximate surface area is 178 Å². The van der Waals surface area contributed by atoms with Crippen LogP contribution in [0.2, 0.25) is 0 Å². The van der Waals surface area contributed by atoms with Crippen LogP contribution in [0.1, 0.15) is 35.4 Å². The highest BCUT2D eigenvalue weighted by Gasteiger charge is 2.31. The van der Waals surface area contributed by atoms with Gasteiger partial charge in [-0.05, 0) is 68.4 Å². The van der Waals surface area contributed by atoms with Crippen LogP contribution in [0.15, 0.2) is 51.9 Å². The fourth-order valence-electron chi connectivity index (χ4n) is 3.95. The molecule has 1 unspecified atom stereocenters. The van der Waals surface area contributed by atoms with Crippen molar-refractivity contribution < 1.29 is 12.9 Å². The first kappa shape index (κ1) is 20.8. The summed E-state index contributed by atoms with van der Waals surface area (Å²) in [6, 6.07) is 13.3. The van der Waals surface area contributed by atoms with Crippen molar-refractivity contribution in [2.45, 2.75) is 44.9 Å². The van der Waals surface area contributed by atoms with Crippen LogP contribution in [0.3, 0.4) is 0 Å². The van der Waals surface area contributed by atoms with Crippen LogP contribution >= 0.6 is 0 Å². The van der Waals surface area contributed by atoms with Gasteiger partial charge in [-0.1, -0.05) is 35.5 Å². The Morgan fingerprint density at radius 3 is 2.63 bits per heavy atom. The van der Waals surface area contributed by atoms with Crippen molar-refractivity contribution in [1.82, 2.24) is 14.4 Å². The molecule has 0 radical (unpaired) electrons. The molecule has 0 amide bonds. The third kappa shape index (κ3) is 4.18. The second kappa shape index (κ2) is 8.32. The van der Waals surface area contributed by atoms with Gasteiger partial charge in [-0.2, -0.15) is 9.29 Å². The predicted molar refractivity (Wildman–Crippen MR) is 116 cm³/mol. The quantitative estimate of drug-likeness (QED) is 0.609. The lowest BCUT2D eigenvalue weighted by Gasteiger charge is -2.31. The second-order valence-corrected chi connectivity index (χ2v) is 10.1. The molecule has 0 saturated carbocycles. The molecule has 1 aliphatic rings. The molecular formula is C23H27N3O3S. The van der Waals surface area contributed by atoms with Crippen LogP contribution in [0, 0.1) is 26.7 Å². The van der Waals surface area contributed by atoms with E-state index in [4.69, 9.17) is 4.52 Å². The lowest BCUT2D eigenvalue weighted by molar-refractivity contribution is 0.247. The van der Waals surface area contributed by atoms with Crippen molar-refractivity contribution in [3.8, 4) is 11.4 Å². The zero-order valence-electron chi connectivity index (χ0n) is 17.6. The van der Waals surface area contributed by atoms with E-state index >= 15 is 0 Å². The van der Waals surface area contributed by atoms with Gasteiger partial charge < -0.3 is 4.52 Å². The summed E-state index contributed by atoms with van der Waals surface area (Å²) in [6.45, 7) is 6.95. The Balaban J connectivity index is 1.48. The maximum absolute atomic E-state index is 13.1. The molecule has 1 aliphatic heterocycles. The predicted octanol–water partition coefficient (Wildman–Crippen LogP) is 4.31. The Kier molecular flexibility index (Phi) is 5.75. The summed E-state index contributed by atoms with van der Waals surface area (Å²) < 4.78 is 33.4. The molecule has 0 aliphatic carbocycles. The number of nitrogens with zero attached hydrogens (tertiary/aromatic N) is 3. The smallest absolute Gasteiger partial charge is 0.243 e. The van der Waals surface area contributed by atoms with E-state index < -0.39 is 10.0 Å². The molecule has 2 aromatic carbocycles. The van der Waals surface area contributed by atoms with E-state index in [-0.39, 0.29) is 5.92 Å². The van der Waals surface area contributed by atoms with E-state index in [0.717, 1.165) is 35.1 Å². The van der Waals surface area contributed by atoms with Crippen molar-refractivity contribution in [2.24, 2.45) is 5.92 Å². The van der Waals surface area contributed by atoms with Crippen LogP contribution in [-0.2, 0) is 16.4 Å². The molecule has 2 heterocycles. The molecule has 30 heavy (non-hydrogen) atoms. The summed E-state index contributed by atoms with van der Waals surface area (Å²) in [7, 11) is -3.50. The van der Waals surface area contributed by atoms with Gasteiger partial charge in [0.2, 0.25) is 21.7 Å². The van der Waals surface area contributed by atoms with Gasteiger partial charge in [-0.15, -0.1) is 0 Å². The summed E-state index contributed by atoms with van der Waals surface area (Å²) in [6.07, 6.45) is 2.35. The largest absolute Gasteiger partial charge is 0.339 e. The third-order valence-corrected chi connectivity index (χ3v) is 7.78. The van der Waals surface area contributed by atoms with Gasteiger partial charge in [0, 0.05) is 25.1 Å². The van der Waals surface area contributed by atoms with Crippen LogP contribution in [-0.4, -0.2) is 36.0 Å². The first-order valence-corrected chi connectivity index (χ1v) is 11.7. The van der Waals surface area contributed by atoms with Crippen LogP contribution in [0.25, 0.3) is 11.4 Å². The minimum absolute atomic E-state index is 0.158. The maximum Gasteiger partial charge on any atom is 0.243 e. The Hall–Kier alpha value is -2.51. The van der Waals surface area contributed by atoms with Crippen LogP contribution in [0.4, 0.5) is 0 Å². The molecule has 1 fully saturated rings.